The minimum Gasteiger partial charge on any atom is -0.480 e. The maximum atomic E-state index is 11.4. The second kappa shape index (κ2) is 3.86. The molecular weight excluding hydrogens is 206 g/mol. The van der Waals surface area contributed by atoms with Gasteiger partial charge < -0.3 is 5.11 Å². The molecule has 5 nitrogen and oxygen atoms in total. The molecule has 0 bridgehead atoms. The fraction of sp³-hybridized carbons (Fsp3) is 0.875. The first-order valence-electron chi connectivity index (χ1n) is 4.55. The van der Waals surface area contributed by atoms with Crippen LogP contribution in [0.4, 0.5) is 0 Å². The van der Waals surface area contributed by atoms with E-state index in [1.807, 2.05) is 0 Å². The highest BCUT2D eigenvalue weighted by atomic mass is 32.2. The Labute approximate surface area is 83.8 Å². The molecule has 0 radical (unpaired) electrons. The van der Waals surface area contributed by atoms with Crippen molar-refractivity contribution in [3.63, 3.8) is 0 Å². The molecule has 1 heterocycles. The number of sulfonamides is 1. The average Bonchev–Trinajstić information content (AvgIpc) is 2.01. The van der Waals surface area contributed by atoms with Crippen LogP contribution in [0, 0.1) is 0 Å². The molecule has 0 saturated carbocycles. The van der Waals surface area contributed by atoms with E-state index in [0.717, 1.165) is 23.4 Å². The van der Waals surface area contributed by atoms with Gasteiger partial charge in [0.15, 0.2) is 0 Å². The first-order chi connectivity index (χ1) is 6.34. The summed E-state index contributed by atoms with van der Waals surface area (Å²) in [6.45, 7) is 1.75. The summed E-state index contributed by atoms with van der Waals surface area (Å²) in [4.78, 5) is 10.9. The highest BCUT2D eigenvalue weighted by Crippen LogP contribution is 2.25. The van der Waals surface area contributed by atoms with Crippen molar-refractivity contribution in [2.45, 2.75) is 38.3 Å². The minimum atomic E-state index is -3.42. The molecule has 14 heavy (non-hydrogen) atoms. The van der Waals surface area contributed by atoms with Crippen LogP contribution < -0.4 is 0 Å². The van der Waals surface area contributed by atoms with Crippen molar-refractivity contribution in [2.75, 3.05) is 6.26 Å². The molecular formula is C8H15NO4S. The Morgan fingerprint density at radius 2 is 2.00 bits per heavy atom. The molecule has 2 unspecified atom stereocenters. The Morgan fingerprint density at radius 1 is 1.43 bits per heavy atom. The number of rotatable bonds is 2. The number of nitrogens with zero attached hydrogens (tertiary/aromatic N) is 1. The van der Waals surface area contributed by atoms with E-state index >= 15 is 0 Å². The second-order valence-electron chi connectivity index (χ2n) is 3.73. The number of aliphatic carboxylic acids is 1. The third-order valence-electron chi connectivity index (χ3n) is 2.51. The molecule has 1 aliphatic heterocycles. The van der Waals surface area contributed by atoms with E-state index < -0.39 is 22.0 Å². The quantitative estimate of drug-likeness (QED) is 0.726. The van der Waals surface area contributed by atoms with Crippen LogP contribution in [0.5, 0.6) is 0 Å². The molecule has 0 aromatic heterocycles. The highest BCUT2D eigenvalue weighted by Gasteiger charge is 2.38. The number of hydrogen-bond donors (Lipinski definition) is 1. The lowest BCUT2D eigenvalue weighted by atomic mass is 10.00. The van der Waals surface area contributed by atoms with Gasteiger partial charge in [-0.25, -0.2) is 8.42 Å². The summed E-state index contributed by atoms with van der Waals surface area (Å²) in [5.41, 5.74) is 0. The van der Waals surface area contributed by atoms with Gasteiger partial charge in [-0.3, -0.25) is 4.79 Å². The maximum absolute atomic E-state index is 11.4. The highest BCUT2D eigenvalue weighted by molar-refractivity contribution is 7.88. The zero-order chi connectivity index (χ0) is 10.9. The summed E-state index contributed by atoms with van der Waals surface area (Å²) in [7, 11) is -3.42. The van der Waals surface area contributed by atoms with Crippen molar-refractivity contribution in [1.29, 1.82) is 0 Å². The van der Waals surface area contributed by atoms with Crippen molar-refractivity contribution >= 4 is 16.0 Å². The van der Waals surface area contributed by atoms with E-state index in [4.69, 9.17) is 5.11 Å². The zero-order valence-electron chi connectivity index (χ0n) is 8.30. The number of carboxylic acid groups (broad SMARTS) is 1. The standard InChI is InChI=1S/C8H15NO4S/c1-6-4-3-5-7(8(10)11)9(6)14(2,12)13/h6-7H,3-5H2,1-2H3,(H,10,11). The lowest BCUT2D eigenvalue weighted by Gasteiger charge is -2.36. The summed E-state index contributed by atoms with van der Waals surface area (Å²) < 4.78 is 23.9. The van der Waals surface area contributed by atoms with Gasteiger partial charge in [-0.2, -0.15) is 4.31 Å². The van der Waals surface area contributed by atoms with Crippen molar-refractivity contribution in [3.8, 4) is 0 Å². The van der Waals surface area contributed by atoms with E-state index in [9.17, 15) is 13.2 Å². The second-order valence-corrected chi connectivity index (χ2v) is 5.61. The Morgan fingerprint density at radius 3 is 2.36 bits per heavy atom. The lowest BCUT2D eigenvalue weighted by Crippen LogP contribution is -2.51. The number of piperidine rings is 1. The largest absolute Gasteiger partial charge is 0.480 e. The van der Waals surface area contributed by atoms with Crippen LogP contribution in [0.3, 0.4) is 0 Å². The van der Waals surface area contributed by atoms with E-state index in [1.165, 1.54) is 0 Å². The van der Waals surface area contributed by atoms with Gasteiger partial charge >= 0.3 is 5.97 Å². The van der Waals surface area contributed by atoms with E-state index in [-0.39, 0.29) is 6.04 Å². The van der Waals surface area contributed by atoms with Gasteiger partial charge in [-0.05, 0) is 26.2 Å². The lowest BCUT2D eigenvalue weighted by molar-refractivity contribution is -0.143. The van der Waals surface area contributed by atoms with Crippen molar-refractivity contribution < 1.29 is 18.3 Å². The Bertz CT molecular complexity index is 324. The third-order valence-corrected chi connectivity index (χ3v) is 3.89. The summed E-state index contributed by atoms with van der Waals surface area (Å²) in [6.07, 6.45) is 2.97. The normalized spacial score (nSPS) is 30.1. The summed E-state index contributed by atoms with van der Waals surface area (Å²) in [5, 5.41) is 8.88. The maximum Gasteiger partial charge on any atom is 0.322 e. The smallest absolute Gasteiger partial charge is 0.322 e. The van der Waals surface area contributed by atoms with Crippen LogP contribution in [0.1, 0.15) is 26.2 Å². The number of hydrogen-bond acceptors (Lipinski definition) is 3. The molecule has 1 rings (SSSR count). The summed E-state index contributed by atoms with van der Waals surface area (Å²) >= 11 is 0. The topological polar surface area (TPSA) is 74.7 Å². The number of carboxylic acids is 1. The fourth-order valence-corrected chi connectivity index (χ4v) is 3.38. The van der Waals surface area contributed by atoms with E-state index in [1.54, 1.807) is 6.92 Å². The average molecular weight is 221 g/mol. The summed E-state index contributed by atoms with van der Waals surface area (Å²) in [5.74, 6) is -1.05. The zero-order valence-corrected chi connectivity index (χ0v) is 9.12. The van der Waals surface area contributed by atoms with Gasteiger partial charge in [0.1, 0.15) is 6.04 Å². The van der Waals surface area contributed by atoms with Crippen molar-refractivity contribution in [3.05, 3.63) is 0 Å². The van der Waals surface area contributed by atoms with E-state index in [0.29, 0.717) is 6.42 Å². The fourth-order valence-electron chi connectivity index (χ4n) is 1.96. The third kappa shape index (κ3) is 2.24. The van der Waals surface area contributed by atoms with Gasteiger partial charge in [0.2, 0.25) is 10.0 Å². The van der Waals surface area contributed by atoms with Crippen LogP contribution in [0.25, 0.3) is 0 Å². The SMILES string of the molecule is CC1CCCC(C(=O)O)N1S(C)(=O)=O. The van der Waals surface area contributed by atoms with Crippen molar-refractivity contribution in [1.82, 2.24) is 4.31 Å². The predicted molar refractivity (Wildman–Crippen MR) is 51.4 cm³/mol. The molecule has 1 aliphatic rings. The van der Waals surface area contributed by atoms with Gasteiger partial charge in [0.05, 0.1) is 6.26 Å². The summed E-state index contributed by atoms with van der Waals surface area (Å²) in [6, 6.07) is -1.09. The Hall–Kier alpha value is -0.620. The molecule has 0 spiro atoms. The first-order valence-corrected chi connectivity index (χ1v) is 6.40. The first kappa shape index (κ1) is 11.5. The predicted octanol–water partition coefficient (Wildman–Crippen LogP) is 0.274. The molecule has 0 aromatic carbocycles. The molecule has 0 amide bonds. The van der Waals surface area contributed by atoms with Gasteiger partial charge in [0, 0.05) is 6.04 Å². The van der Waals surface area contributed by atoms with Gasteiger partial charge in [-0.1, -0.05) is 0 Å². The molecule has 1 fully saturated rings. The van der Waals surface area contributed by atoms with Crippen LogP contribution >= 0.6 is 0 Å². The van der Waals surface area contributed by atoms with Crippen LogP contribution in [-0.2, 0) is 14.8 Å². The molecule has 0 aromatic rings. The monoisotopic (exact) mass is 221 g/mol. The van der Waals surface area contributed by atoms with Crippen LogP contribution in [0.2, 0.25) is 0 Å². The molecule has 1 N–H and O–H groups in total. The number of carbonyl (C=O) groups is 1. The molecule has 6 heteroatoms. The molecule has 0 aliphatic carbocycles. The minimum absolute atomic E-state index is 0.208. The van der Waals surface area contributed by atoms with E-state index in [2.05, 4.69) is 0 Å². The van der Waals surface area contributed by atoms with Gasteiger partial charge in [-0.15, -0.1) is 0 Å². The Balaban J connectivity index is 2.99. The molecule has 82 valence electrons. The van der Waals surface area contributed by atoms with Crippen LogP contribution in [0.15, 0.2) is 0 Å². The van der Waals surface area contributed by atoms with Crippen molar-refractivity contribution in [2.24, 2.45) is 0 Å². The molecule has 2 atom stereocenters. The Kier molecular flexibility index (Phi) is 3.16. The van der Waals surface area contributed by atoms with Crippen LogP contribution in [-0.4, -0.2) is 42.1 Å². The molecule has 1 saturated heterocycles. The van der Waals surface area contributed by atoms with Gasteiger partial charge in [0.25, 0.3) is 0 Å².